The van der Waals surface area contributed by atoms with Crippen LogP contribution in [0.3, 0.4) is 0 Å². The number of rotatable bonds is 7. The Kier molecular flexibility index (Phi) is 7.64. The first kappa shape index (κ1) is 18.2. The third-order valence-corrected chi connectivity index (χ3v) is 3.19. The summed E-state index contributed by atoms with van der Waals surface area (Å²) in [7, 11) is 0. The predicted molar refractivity (Wildman–Crippen MR) is 89.4 cm³/mol. The third-order valence-electron chi connectivity index (χ3n) is 3.19. The van der Waals surface area contributed by atoms with Crippen molar-refractivity contribution in [2.75, 3.05) is 19.6 Å². The van der Waals surface area contributed by atoms with Crippen LogP contribution in [0.1, 0.15) is 33.3 Å². The van der Waals surface area contributed by atoms with Crippen molar-refractivity contribution < 1.29 is 9.59 Å². The zero-order valence-corrected chi connectivity index (χ0v) is 14.1. The van der Waals surface area contributed by atoms with Gasteiger partial charge in [0, 0.05) is 19.6 Å². The highest BCUT2D eigenvalue weighted by Gasteiger charge is 2.22. The first-order chi connectivity index (χ1) is 10.4. The van der Waals surface area contributed by atoms with E-state index in [9.17, 15) is 9.59 Å². The number of hydrogen-bond donors (Lipinski definition) is 1. The van der Waals surface area contributed by atoms with Gasteiger partial charge in [0.1, 0.15) is 0 Å². The summed E-state index contributed by atoms with van der Waals surface area (Å²) in [5, 5.41) is 2.73. The van der Waals surface area contributed by atoms with E-state index in [0.29, 0.717) is 31.5 Å². The summed E-state index contributed by atoms with van der Waals surface area (Å²) in [5.74, 6) is -0.229. The Morgan fingerprint density at radius 2 is 1.55 bits per heavy atom. The summed E-state index contributed by atoms with van der Waals surface area (Å²) in [6, 6.07) is 9.92. The maximum Gasteiger partial charge on any atom is 0.311 e. The maximum absolute atomic E-state index is 12.3. The molecule has 0 fully saturated rings. The van der Waals surface area contributed by atoms with E-state index in [1.165, 1.54) is 0 Å². The number of carbonyl (C=O) groups excluding carboxylic acids is 2. The van der Waals surface area contributed by atoms with Gasteiger partial charge >= 0.3 is 11.8 Å². The van der Waals surface area contributed by atoms with Gasteiger partial charge in [-0.05, 0) is 23.8 Å². The lowest BCUT2D eigenvalue weighted by Crippen LogP contribution is -2.46. The Balaban J connectivity index is 2.48. The fourth-order valence-corrected chi connectivity index (χ4v) is 2.31. The fourth-order valence-electron chi connectivity index (χ4n) is 2.31. The smallest absolute Gasteiger partial charge is 0.311 e. The molecule has 0 bridgehead atoms. The van der Waals surface area contributed by atoms with E-state index >= 15 is 0 Å². The van der Waals surface area contributed by atoms with Crippen LogP contribution in [0.15, 0.2) is 30.3 Å². The van der Waals surface area contributed by atoms with Gasteiger partial charge in [-0.15, -0.1) is 0 Å². The van der Waals surface area contributed by atoms with Gasteiger partial charge in [-0.2, -0.15) is 0 Å². The minimum Gasteiger partial charge on any atom is -0.347 e. The van der Waals surface area contributed by atoms with Crippen LogP contribution < -0.4 is 5.32 Å². The van der Waals surface area contributed by atoms with Crippen LogP contribution in [-0.2, 0) is 16.0 Å². The molecule has 0 atom stereocenters. The molecule has 1 aromatic carbocycles. The molecular weight excluding hydrogens is 276 g/mol. The summed E-state index contributed by atoms with van der Waals surface area (Å²) in [6.07, 6.45) is 0.730. The molecule has 0 saturated carbocycles. The molecule has 0 aliphatic rings. The molecule has 22 heavy (non-hydrogen) atoms. The van der Waals surface area contributed by atoms with Crippen molar-refractivity contribution in [2.45, 2.75) is 34.1 Å². The standard InChI is InChI=1S/C18H28N2O2/c1-14(2)12-20(13-15(3)4)18(22)17(21)19-11-10-16-8-6-5-7-9-16/h5-9,14-15H,10-13H2,1-4H3,(H,19,21). The quantitative estimate of drug-likeness (QED) is 0.787. The van der Waals surface area contributed by atoms with Crippen molar-refractivity contribution in [1.29, 1.82) is 0 Å². The minimum absolute atomic E-state index is 0.347. The topological polar surface area (TPSA) is 49.4 Å². The first-order valence-corrected chi connectivity index (χ1v) is 8.01. The highest BCUT2D eigenvalue weighted by atomic mass is 16.2. The molecule has 0 saturated heterocycles. The Bertz CT molecular complexity index is 459. The number of amides is 2. The predicted octanol–water partition coefficient (Wildman–Crippen LogP) is 2.49. The van der Waals surface area contributed by atoms with E-state index in [1.807, 2.05) is 58.0 Å². The van der Waals surface area contributed by atoms with Gasteiger partial charge in [0.2, 0.25) is 0 Å². The molecule has 122 valence electrons. The van der Waals surface area contributed by atoms with Gasteiger partial charge in [0.05, 0.1) is 0 Å². The van der Waals surface area contributed by atoms with Crippen LogP contribution >= 0.6 is 0 Å². The van der Waals surface area contributed by atoms with Crippen molar-refractivity contribution >= 4 is 11.8 Å². The number of nitrogens with zero attached hydrogens (tertiary/aromatic N) is 1. The van der Waals surface area contributed by atoms with Gasteiger partial charge in [0.25, 0.3) is 0 Å². The summed E-state index contributed by atoms with van der Waals surface area (Å²) in [4.78, 5) is 26.0. The molecule has 0 heterocycles. The Morgan fingerprint density at radius 1 is 1.00 bits per heavy atom. The highest BCUT2D eigenvalue weighted by molar-refractivity contribution is 6.35. The molecular formula is C18H28N2O2. The second-order valence-electron chi connectivity index (χ2n) is 6.49. The van der Waals surface area contributed by atoms with Crippen molar-refractivity contribution in [3.05, 3.63) is 35.9 Å². The molecule has 0 spiro atoms. The second-order valence-corrected chi connectivity index (χ2v) is 6.49. The molecule has 0 aliphatic heterocycles. The summed E-state index contributed by atoms with van der Waals surface area (Å²) < 4.78 is 0. The molecule has 1 aromatic rings. The normalized spacial score (nSPS) is 10.8. The lowest BCUT2D eigenvalue weighted by Gasteiger charge is -2.25. The molecule has 4 heteroatoms. The zero-order valence-electron chi connectivity index (χ0n) is 14.1. The number of hydrogen-bond acceptors (Lipinski definition) is 2. The van der Waals surface area contributed by atoms with E-state index in [1.54, 1.807) is 4.90 Å². The average Bonchev–Trinajstić information content (AvgIpc) is 2.45. The van der Waals surface area contributed by atoms with Gasteiger partial charge in [-0.1, -0.05) is 58.0 Å². The van der Waals surface area contributed by atoms with E-state index in [4.69, 9.17) is 0 Å². The fraction of sp³-hybridized carbons (Fsp3) is 0.556. The molecule has 1 N–H and O–H groups in total. The SMILES string of the molecule is CC(C)CN(CC(C)C)C(=O)C(=O)NCCc1ccccc1. The van der Waals surface area contributed by atoms with Crippen LogP contribution in [0, 0.1) is 11.8 Å². The van der Waals surface area contributed by atoms with Gasteiger partial charge < -0.3 is 10.2 Å². The minimum atomic E-state index is -0.503. The Labute approximate surface area is 133 Å². The lowest BCUT2D eigenvalue weighted by atomic mass is 10.1. The summed E-state index contributed by atoms with van der Waals surface area (Å²) in [5.41, 5.74) is 1.15. The van der Waals surface area contributed by atoms with E-state index < -0.39 is 11.8 Å². The average molecular weight is 304 g/mol. The number of benzene rings is 1. The van der Waals surface area contributed by atoms with E-state index in [0.717, 1.165) is 12.0 Å². The van der Waals surface area contributed by atoms with Gasteiger partial charge in [-0.3, -0.25) is 9.59 Å². The van der Waals surface area contributed by atoms with Gasteiger partial charge in [-0.25, -0.2) is 0 Å². The Morgan fingerprint density at radius 3 is 2.05 bits per heavy atom. The van der Waals surface area contributed by atoms with Crippen LogP contribution in [0.5, 0.6) is 0 Å². The van der Waals surface area contributed by atoms with Gasteiger partial charge in [0.15, 0.2) is 0 Å². The Hall–Kier alpha value is -1.84. The third kappa shape index (κ3) is 6.74. The molecule has 0 aromatic heterocycles. The van der Waals surface area contributed by atoms with Crippen LogP contribution in [0.25, 0.3) is 0 Å². The number of carbonyl (C=O) groups is 2. The van der Waals surface area contributed by atoms with Crippen molar-refractivity contribution in [1.82, 2.24) is 10.2 Å². The first-order valence-electron chi connectivity index (χ1n) is 8.01. The van der Waals surface area contributed by atoms with E-state index in [-0.39, 0.29) is 0 Å². The molecule has 0 aliphatic carbocycles. The molecule has 1 rings (SSSR count). The van der Waals surface area contributed by atoms with Crippen molar-refractivity contribution in [3.8, 4) is 0 Å². The molecule has 0 radical (unpaired) electrons. The van der Waals surface area contributed by atoms with E-state index in [2.05, 4.69) is 5.32 Å². The summed E-state index contributed by atoms with van der Waals surface area (Å²) in [6.45, 7) is 9.90. The highest BCUT2D eigenvalue weighted by Crippen LogP contribution is 2.04. The number of nitrogens with one attached hydrogen (secondary N) is 1. The van der Waals surface area contributed by atoms with Crippen molar-refractivity contribution in [3.63, 3.8) is 0 Å². The zero-order chi connectivity index (χ0) is 16.5. The largest absolute Gasteiger partial charge is 0.347 e. The molecule has 4 nitrogen and oxygen atoms in total. The van der Waals surface area contributed by atoms with Crippen LogP contribution in [0.4, 0.5) is 0 Å². The molecule has 2 amide bonds. The van der Waals surface area contributed by atoms with Crippen LogP contribution in [0.2, 0.25) is 0 Å². The monoisotopic (exact) mass is 304 g/mol. The maximum atomic E-state index is 12.3. The summed E-state index contributed by atoms with van der Waals surface area (Å²) >= 11 is 0. The van der Waals surface area contributed by atoms with Crippen molar-refractivity contribution in [2.24, 2.45) is 11.8 Å². The molecule has 0 unspecified atom stereocenters. The lowest BCUT2D eigenvalue weighted by molar-refractivity contribution is -0.146. The van der Waals surface area contributed by atoms with Crippen LogP contribution in [-0.4, -0.2) is 36.3 Å². The second kappa shape index (κ2) is 9.23.